The lowest BCUT2D eigenvalue weighted by Crippen LogP contribution is -2.27. The van der Waals surface area contributed by atoms with Crippen LogP contribution in [0.25, 0.3) is 0 Å². The summed E-state index contributed by atoms with van der Waals surface area (Å²) in [5, 5.41) is 3.48. The van der Waals surface area contributed by atoms with Gasteiger partial charge in [0.15, 0.2) is 0 Å². The summed E-state index contributed by atoms with van der Waals surface area (Å²) >= 11 is 0. The molecule has 1 saturated heterocycles. The predicted octanol–water partition coefficient (Wildman–Crippen LogP) is 3.00. The highest BCUT2D eigenvalue weighted by Crippen LogP contribution is 2.23. The Bertz CT molecular complexity index is 443. The van der Waals surface area contributed by atoms with Crippen LogP contribution in [0.15, 0.2) is 18.2 Å². The molecule has 22 heavy (non-hydrogen) atoms. The lowest BCUT2D eigenvalue weighted by atomic mass is 10.1. The Morgan fingerprint density at radius 2 is 2.27 bits per heavy atom. The van der Waals surface area contributed by atoms with Gasteiger partial charge in [-0.15, -0.1) is 0 Å². The van der Waals surface area contributed by atoms with E-state index in [4.69, 9.17) is 15.2 Å². The van der Waals surface area contributed by atoms with Crippen molar-refractivity contribution in [2.24, 2.45) is 5.92 Å². The molecule has 1 unspecified atom stereocenters. The highest BCUT2D eigenvalue weighted by Gasteiger charge is 2.14. The van der Waals surface area contributed by atoms with Crippen molar-refractivity contribution in [3.63, 3.8) is 0 Å². The maximum absolute atomic E-state index is 6.06. The van der Waals surface area contributed by atoms with E-state index >= 15 is 0 Å². The summed E-state index contributed by atoms with van der Waals surface area (Å²) < 4.78 is 11.3. The molecule has 4 heteroatoms. The van der Waals surface area contributed by atoms with Gasteiger partial charge in [-0.25, -0.2) is 0 Å². The molecule has 2 rings (SSSR count). The molecule has 1 heterocycles. The Morgan fingerprint density at radius 3 is 2.95 bits per heavy atom. The number of benzene rings is 1. The monoisotopic (exact) mass is 306 g/mol. The van der Waals surface area contributed by atoms with Gasteiger partial charge in [-0.1, -0.05) is 19.9 Å². The molecule has 4 nitrogen and oxygen atoms in total. The molecule has 1 fully saturated rings. The van der Waals surface area contributed by atoms with Gasteiger partial charge in [0.05, 0.1) is 18.4 Å². The van der Waals surface area contributed by atoms with Crippen LogP contribution in [0.3, 0.4) is 0 Å². The number of nitrogen functional groups attached to an aromatic ring is 1. The average molecular weight is 306 g/mol. The van der Waals surface area contributed by atoms with Gasteiger partial charge in [-0.3, -0.25) is 0 Å². The van der Waals surface area contributed by atoms with Gasteiger partial charge in [0.1, 0.15) is 5.75 Å². The molecule has 1 aromatic rings. The van der Waals surface area contributed by atoms with E-state index in [0.29, 0.717) is 18.6 Å². The fourth-order valence-electron chi connectivity index (χ4n) is 2.63. The van der Waals surface area contributed by atoms with E-state index in [2.05, 4.69) is 25.2 Å². The standard InChI is InChI=1S/C18H30N2O2/c1-14(2)13-22-18-8-7-15(11-17(18)19)5-3-9-20-12-16-6-4-10-21-16/h7-8,11,14,16,20H,3-6,9-10,12-13,19H2,1-2H3. The lowest BCUT2D eigenvalue weighted by molar-refractivity contribution is 0.110. The van der Waals surface area contributed by atoms with E-state index in [-0.39, 0.29) is 0 Å². The van der Waals surface area contributed by atoms with Crippen LogP contribution in [0.2, 0.25) is 0 Å². The summed E-state index contributed by atoms with van der Waals surface area (Å²) in [6, 6.07) is 6.15. The van der Waals surface area contributed by atoms with E-state index in [1.807, 2.05) is 12.1 Å². The van der Waals surface area contributed by atoms with Crippen LogP contribution in [-0.4, -0.2) is 32.4 Å². The predicted molar refractivity (Wildman–Crippen MR) is 91.4 cm³/mol. The first-order chi connectivity index (χ1) is 10.6. The van der Waals surface area contributed by atoms with Gasteiger partial charge in [0.2, 0.25) is 0 Å². The van der Waals surface area contributed by atoms with Crippen LogP contribution >= 0.6 is 0 Å². The largest absolute Gasteiger partial charge is 0.491 e. The molecule has 1 aromatic carbocycles. The van der Waals surface area contributed by atoms with Gasteiger partial charge in [0, 0.05) is 13.2 Å². The van der Waals surface area contributed by atoms with Crippen LogP contribution < -0.4 is 15.8 Å². The quantitative estimate of drug-likeness (QED) is 0.544. The highest BCUT2D eigenvalue weighted by atomic mass is 16.5. The second kappa shape index (κ2) is 9.01. The minimum absolute atomic E-state index is 0.424. The molecule has 0 radical (unpaired) electrons. The zero-order valence-corrected chi connectivity index (χ0v) is 13.9. The highest BCUT2D eigenvalue weighted by molar-refractivity contribution is 5.54. The first-order valence-corrected chi connectivity index (χ1v) is 8.48. The normalized spacial score (nSPS) is 18.0. The van der Waals surface area contributed by atoms with Crippen LogP contribution in [-0.2, 0) is 11.2 Å². The van der Waals surface area contributed by atoms with Crippen molar-refractivity contribution in [1.82, 2.24) is 5.32 Å². The zero-order chi connectivity index (χ0) is 15.8. The lowest BCUT2D eigenvalue weighted by Gasteiger charge is -2.13. The van der Waals surface area contributed by atoms with E-state index in [0.717, 1.165) is 44.0 Å². The maximum atomic E-state index is 6.06. The number of aryl methyl sites for hydroxylation is 1. The van der Waals surface area contributed by atoms with Crippen LogP contribution in [0.1, 0.15) is 38.7 Å². The number of rotatable bonds is 9. The maximum Gasteiger partial charge on any atom is 0.142 e. The smallest absolute Gasteiger partial charge is 0.142 e. The first-order valence-electron chi connectivity index (χ1n) is 8.48. The summed E-state index contributed by atoms with van der Waals surface area (Å²) in [5.74, 6) is 1.31. The summed E-state index contributed by atoms with van der Waals surface area (Å²) in [6.45, 7) is 7.89. The van der Waals surface area contributed by atoms with Crippen molar-refractivity contribution in [2.45, 2.75) is 45.6 Å². The Hall–Kier alpha value is -1.26. The van der Waals surface area contributed by atoms with Crippen molar-refractivity contribution in [1.29, 1.82) is 0 Å². The third-order valence-corrected chi connectivity index (χ3v) is 3.86. The Kier molecular flexibility index (Phi) is 7.00. The molecular formula is C18H30N2O2. The number of hydrogen-bond acceptors (Lipinski definition) is 4. The summed E-state index contributed by atoms with van der Waals surface area (Å²) in [5.41, 5.74) is 8.08. The molecule has 3 N–H and O–H groups in total. The zero-order valence-electron chi connectivity index (χ0n) is 13.9. The second-order valence-electron chi connectivity index (χ2n) is 6.52. The average Bonchev–Trinajstić information content (AvgIpc) is 2.99. The SMILES string of the molecule is CC(C)COc1ccc(CCCNCC2CCCO2)cc1N. The summed E-state index contributed by atoms with van der Waals surface area (Å²) in [4.78, 5) is 0. The molecule has 0 aliphatic carbocycles. The minimum atomic E-state index is 0.424. The number of ether oxygens (including phenoxy) is 2. The molecule has 1 aliphatic heterocycles. The molecule has 1 aliphatic rings. The number of hydrogen-bond donors (Lipinski definition) is 2. The third-order valence-electron chi connectivity index (χ3n) is 3.86. The van der Waals surface area contributed by atoms with Crippen LogP contribution in [0.5, 0.6) is 5.75 Å². The van der Waals surface area contributed by atoms with E-state index in [1.54, 1.807) is 0 Å². The molecule has 0 saturated carbocycles. The van der Waals surface area contributed by atoms with Crippen molar-refractivity contribution >= 4 is 5.69 Å². The Labute approximate surface area is 134 Å². The van der Waals surface area contributed by atoms with Crippen molar-refractivity contribution in [2.75, 3.05) is 32.0 Å². The van der Waals surface area contributed by atoms with E-state index in [1.165, 1.54) is 18.4 Å². The fourth-order valence-corrected chi connectivity index (χ4v) is 2.63. The van der Waals surface area contributed by atoms with Gasteiger partial charge in [-0.2, -0.15) is 0 Å². The van der Waals surface area contributed by atoms with Crippen molar-refractivity contribution < 1.29 is 9.47 Å². The van der Waals surface area contributed by atoms with Crippen LogP contribution in [0, 0.1) is 5.92 Å². The number of nitrogens with two attached hydrogens (primary N) is 1. The summed E-state index contributed by atoms with van der Waals surface area (Å²) in [7, 11) is 0. The molecule has 0 amide bonds. The van der Waals surface area contributed by atoms with Gasteiger partial charge >= 0.3 is 0 Å². The molecule has 1 atom stereocenters. The molecule has 0 aromatic heterocycles. The molecular weight excluding hydrogens is 276 g/mol. The molecule has 124 valence electrons. The summed E-state index contributed by atoms with van der Waals surface area (Å²) in [6.07, 6.45) is 4.97. The minimum Gasteiger partial charge on any atom is -0.491 e. The Morgan fingerprint density at radius 1 is 1.41 bits per heavy atom. The Balaban J connectivity index is 1.65. The van der Waals surface area contributed by atoms with Gasteiger partial charge in [-0.05, 0) is 55.8 Å². The van der Waals surface area contributed by atoms with E-state index in [9.17, 15) is 0 Å². The fraction of sp³-hybridized carbons (Fsp3) is 0.667. The van der Waals surface area contributed by atoms with E-state index < -0.39 is 0 Å². The van der Waals surface area contributed by atoms with Crippen molar-refractivity contribution in [3.8, 4) is 5.75 Å². The van der Waals surface area contributed by atoms with Crippen LogP contribution in [0.4, 0.5) is 5.69 Å². The van der Waals surface area contributed by atoms with Gasteiger partial charge < -0.3 is 20.5 Å². The van der Waals surface area contributed by atoms with Crippen molar-refractivity contribution in [3.05, 3.63) is 23.8 Å². The topological polar surface area (TPSA) is 56.5 Å². The first kappa shape index (κ1) is 17.1. The molecule has 0 spiro atoms. The second-order valence-corrected chi connectivity index (χ2v) is 6.52. The third kappa shape index (κ3) is 5.85. The molecule has 0 bridgehead atoms. The number of anilines is 1. The van der Waals surface area contributed by atoms with Gasteiger partial charge in [0.25, 0.3) is 0 Å². The number of nitrogens with one attached hydrogen (secondary N) is 1.